The number of nitrogens with zero attached hydrogens (tertiary/aromatic N) is 1. The van der Waals surface area contributed by atoms with Crippen molar-refractivity contribution in [2.24, 2.45) is 10.9 Å². The molecule has 1 rings (SSSR count). The van der Waals surface area contributed by atoms with Crippen LogP contribution in [0.4, 0.5) is 4.39 Å². The summed E-state index contributed by atoms with van der Waals surface area (Å²) < 4.78 is 18.7. The number of oxime groups is 1. The van der Waals surface area contributed by atoms with Crippen LogP contribution in [0.2, 0.25) is 0 Å². The van der Waals surface area contributed by atoms with Gasteiger partial charge in [0, 0.05) is 30.8 Å². The Morgan fingerprint density at radius 2 is 2.33 bits per heavy atom. The third-order valence-corrected chi connectivity index (χ3v) is 2.51. The van der Waals surface area contributed by atoms with E-state index in [4.69, 9.17) is 15.7 Å². The molecule has 18 heavy (non-hydrogen) atoms. The van der Waals surface area contributed by atoms with Crippen molar-refractivity contribution >= 4 is 5.84 Å². The Bertz CT molecular complexity index is 424. The smallest absolute Gasteiger partial charge is 0.170 e. The molecule has 0 spiro atoms. The fraction of sp³-hybridized carbons (Fsp3) is 0.417. The van der Waals surface area contributed by atoms with Crippen LogP contribution in [0.3, 0.4) is 0 Å². The van der Waals surface area contributed by atoms with E-state index >= 15 is 0 Å². The standard InChI is InChI=1S/C12H18FN3O2/c1-8(7-18-2)15-6-10-4-3-9(5-11(10)13)12(14)16-17/h3-5,8,15,17H,6-7H2,1-2H3,(H2,14,16). The van der Waals surface area contributed by atoms with Gasteiger partial charge in [-0.2, -0.15) is 0 Å². The second-order valence-electron chi connectivity index (χ2n) is 4.03. The van der Waals surface area contributed by atoms with Gasteiger partial charge in [-0.1, -0.05) is 17.3 Å². The number of nitrogens with two attached hydrogens (primary N) is 1. The lowest BCUT2D eigenvalue weighted by Gasteiger charge is -2.13. The van der Waals surface area contributed by atoms with E-state index in [9.17, 15) is 4.39 Å². The van der Waals surface area contributed by atoms with Gasteiger partial charge in [-0.25, -0.2) is 4.39 Å². The predicted molar refractivity (Wildman–Crippen MR) is 67.1 cm³/mol. The van der Waals surface area contributed by atoms with Crippen LogP contribution in [0.1, 0.15) is 18.1 Å². The minimum Gasteiger partial charge on any atom is -0.409 e. The molecule has 1 unspecified atom stereocenters. The summed E-state index contributed by atoms with van der Waals surface area (Å²) in [5.41, 5.74) is 6.25. The van der Waals surface area contributed by atoms with Gasteiger partial charge in [-0.3, -0.25) is 0 Å². The summed E-state index contributed by atoms with van der Waals surface area (Å²) in [6, 6.07) is 4.59. The van der Waals surface area contributed by atoms with Gasteiger partial charge in [-0.05, 0) is 13.0 Å². The van der Waals surface area contributed by atoms with Gasteiger partial charge in [-0.15, -0.1) is 0 Å². The van der Waals surface area contributed by atoms with Crippen molar-refractivity contribution in [1.82, 2.24) is 5.32 Å². The van der Waals surface area contributed by atoms with Crippen molar-refractivity contribution < 1.29 is 14.3 Å². The van der Waals surface area contributed by atoms with E-state index < -0.39 is 5.82 Å². The Kier molecular flexibility index (Phi) is 5.54. The number of benzene rings is 1. The molecule has 5 nitrogen and oxygen atoms in total. The minimum absolute atomic E-state index is 0.110. The van der Waals surface area contributed by atoms with Crippen molar-refractivity contribution in [3.8, 4) is 0 Å². The van der Waals surface area contributed by atoms with E-state index in [1.54, 1.807) is 19.2 Å². The molecule has 100 valence electrons. The molecule has 0 radical (unpaired) electrons. The van der Waals surface area contributed by atoms with E-state index in [0.29, 0.717) is 24.3 Å². The van der Waals surface area contributed by atoms with Gasteiger partial charge in [0.1, 0.15) is 5.82 Å². The topological polar surface area (TPSA) is 79.9 Å². The highest BCUT2D eigenvalue weighted by atomic mass is 19.1. The van der Waals surface area contributed by atoms with Crippen LogP contribution in [0.5, 0.6) is 0 Å². The number of halogens is 1. The number of ether oxygens (including phenoxy) is 1. The quantitative estimate of drug-likeness (QED) is 0.307. The normalized spacial score (nSPS) is 13.6. The van der Waals surface area contributed by atoms with E-state index in [2.05, 4.69) is 10.5 Å². The second-order valence-corrected chi connectivity index (χ2v) is 4.03. The summed E-state index contributed by atoms with van der Waals surface area (Å²) in [5, 5.41) is 14.4. The molecular weight excluding hydrogens is 237 g/mol. The monoisotopic (exact) mass is 255 g/mol. The van der Waals surface area contributed by atoms with E-state index in [1.807, 2.05) is 6.92 Å². The molecule has 6 heteroatoms. The van der Waals surface area contributed by atoms with E-state index in [0.717, 1.165) is 0 Å². The van der Waals surface area contributed by atoms with Gasteiger partial charge in [0.15, 0.2) is 5.84 Å². The maximum atomic E-state index is 13.7. The third kappa shape index (κ3) is 3.97. The molecule has 0 bridgehead atoms. The maximum Gasteiger partial charge on any atom is 0.170 e. The highest BCUT2D eigenvalue weighted by molar-refractivity contribution is 5.97. The first-order chi connectivity index (χ1) is 8.58. The molecule has 0 fully saturated rings. The van der Waals surface area contributed by atoms with Crippen molar-refractivity contribution in [3.63, 3.8) is 0 Å². The largest absolute Gasteiger partial charge is 0.409 e. The summed E-state index contributed by atoms with van der Waals surface area (Å²) >= 11 is 0. The molecule has 4 N–H and O–H groups in total. The van der Waals surface area contributed by atoms with Crippen LogP contribution < -0.4 is 11.1 Å². The van der Waals surface area contributed by atoms with Crippen LogP contribution >= 0.6 is 0 Å². The molecule has 1 aromatic rings. The molecule has 0 saturated carbocycles. The van der Waals surface area contributed by atoms with Crippen molar-refractivity contribution in [2.75, 3.05) is 13.7 Å². The zero-order valence-corrected chi connectivity index (χ0v) is 10.5. The Hall–Kier alpha value is -1.66. The van der Waals surface area contributed by atoms with E-state index in [-0.39, 0.29) is 11.9 Å². The first-order valence-electron chi connectivity index (χ1n) is 5.57. The van der Waals surface area contributed by atoms with Crippen LogP contribution in [0.15, 0.2) is 23.4 Å². The minimum atomic E-state index is -0.392. The summed E-state index contributed by atoms with van der Waals surface area (Å²) in [6.45, 7) is 2.91. The van der Waals surface area contributed by atoms with Crippen molar-refractivity contribution in [2.45, 2.75) is 19.5 Å². The second kappa shape index (κ2) is 6.93. The number of methoxy groups -OCH3 is 1. The van der Waals surface area contributed by atoms with Crippen molar-refractivity contribution in [3.05, 3.63) is 35.1 Å². The van der Waals surface area contributed by atoms with Gasteiger partial charge >= 0.3 is 0 Å². The summed E-state index contributed by atoms with van der Waals surface area (Å²) in [5.74, 6) is -0.502. The fourth-order valence-electron chi connectivity index (χ4n) is 1.50. The average molecular weight is 255 g/mol. The van der Waals surface area contributed by atoms with Gasteiger partial charge < -0.3 is 21.0 Å². The van der Waals surface area contributed by atoms with Crippen LogP contribution in [0.25, 0.3) is 0 Å². The Labute approximate surface area is 105 Å². The first-order valence-corrected chi connectivity index (χ1v) is 5.57. The van der Waals surface area contributed by atoms with Gasteiger partial charge in [0.2, 0.25) is 0 Å². The Morgan fingerprint density at radius 1 is 1.61 bits per heavy atom. The number of nitrogens with one attached hydrogen (secondary N) is 1. The maximum absolute atomic E-state index is 13.7. The molecule has 0 aliphatic carbocycles. The summed E-state index contributed by atoms with van der Waals surface area (Å²) in [4.78, 5) is 0. The van der Waals surface area contributed by atoms with Crippen LogP contribution in [-0.4, -0.2) is 30.8 Å². The Morgan fingerprint density at radius 3 is 2.89 bits per heavy atom. The van der Waals surface area contributed by atoms with Gasteiger partial charge in [0.25, 0.3) is 0 Å². The lowest BCUT2D eigenvalue weighted by molar-refractivity contribution is 0.171. The molecule has 0 saturated heterocycles. The molecule has 0 aliphatic rings. The summed E-state index contributed by atoms with van der Waals surface area (Å²) in [7, 11) is 1.62. The number of rotatable bonds is 6. The molecule has 0 aliphatic heterocycles. The fourth-order valence-corrected chi connectivity index (χ4v) is 1.50. The third-order valence-electron chi connectivity index (χ3n) is 2.51. The molecule has 1 aromatic carbocycles. The molecule has 1 atom stereocenters. The SMILES string of the molecule is COCC(C)NCc1ccc(C(N)=NO)cc1F. The lowest BCUT2D eigenvalue weighted by Crippen LogP contribution is -2.30. The lowest BCUT2D eigenvalue weighted by atomic mass is 10.1. The molecule has 0 aromatic heterocycles. The Balaban J connectivity index is 2.68. The predicted octanol–water partition coefficient (Wildman–Crippen LogP) is 1.04. The van der Waals surface area contributed by atoms with Crippen LogP contribution in [0, 0.1) is 5.82 Å². The number of hydrogen-bond acceptors (Lipinski definition) is 4. The van der Waals surface area contributed by atoms with Gasteiger partial charge in [0.05, 0.1) is 6.61 Å². The number of amidine groups is 1. The highest BCUT2D eigenvalue weighted by Crippen LogP contribution is 2.10. The molecule has 0 heterocycles. The number of hydrogen-bond donors (Lipinski definition) is 3. The van der Waals surface area contributed by atoms with Crippen molar-refractivity contribution in [1.29, 1.82) is 0 Å². The first kappa shape index (κ1) is 14.4. The molecule has 0 amide bonds. The summed E-state index contributed by atoms with van der Waals surface area (Å²) in [6.07, 6.45) is 0. The zero-order valence-electron chi connectivity index (χ0n) is 10.5. The average Bonchev–Trinajstić information content (AvgIpc) is 2.36. The van der Waals surface area contributed by atoms with Crippen LogP contribution in [-0.2, 0) is 11.3 Å². The highest BCUT2D eigenvalue weighted by Gasteiger charge is 2.07. The zero-order chi connectivity index (χ0) is 13.5. The van der Waals surface area contributed by atoms with E-state index in [1.165, 1.54) is 6.07 Å². The molecular formula is C12H18FN3O2.